The van der Waals surface area contributed by atoms with E-state index in [2.05, 4.69) is 27.8 Å². The molecule has 0 N–H and O–H groups in total. The minimum atomic E-state index is -3.38. The van der Waals surface area contributed by atoms with E-state index in [1.807, 2.05) is 0 Å². The topological polar surface area (TPSA) is 50.3 Å². The monoisotopic (exact) mass is 318 g/mol. The Labute approximate surface area is 110 Å². The highest BCUT2D eigenvalue weighted by Crippen LogP contribution is 2.24. The van der Waals surface area contributed by atoms with E-state index >= 15 is 0 Å². The molecule has 1 aliphatic heterocycles. The summed E-state index contributed by atoms with van der Waals surface area (Å²) in [6.45, 7) is 3.30. The second-order valence-corrected chi connectivity index (χ2v) is 7.30. The molecule has 0 spiro atoms. The van der Waals surface area contributed by atoms with Crippen LogP contribution in [-0.4, -0.2) is 30.8 Å². The summed E-state index contributed by atoms with van der Waals surface area (Å²) < 4.78 is 26.9. The Morgan fingerprint density at radius 3 is 2.88 bits per heavy atom. The number of sulfonamides is 1. The van der Waals surface area contributed by atoms with E-state index in [4.69, 9.17) is 0 Å². The Morgan fingerprint density at radius 1 is 1.47 bits per heavy atom. The van der Waals surface area contributed by atoms with Gasteiger partial charge in [-0.05, 0) is 40.8 Å². The Morgan fingerprint density at radius 2 is 2.24 bits per heavy atom. The van der Waals surface area contributed by atoms with Crippen LogP contribution in [0.3, 0.4) is 0 Å². The highest BCUT2D eigenvalue weighted by atomic mass is 79.9. The van der Waals surface area contributed by atoms with Gasteiger partial charge in [0.15, 0.2) is 0 Å². The Kier molecular flexibility index (Phi) is 3.85. The predicted molar refractivity (Wildman–Crippen MR) is 69.1 cm³/mol. The van der Waals surface area contributed by atoms with Crippen LogP contribution >= 0.6 is 15.9 Å². The molecule has 1 fully saturated rings. The SMILES string of the molecule is CC1CCCN(S(=O)(=O)c2cncc(Br)c2)C1. The fourth-order valence-electron chi connectivity index (χ4n) is 2.05. The largest absolute Gasteiger partial charge is 0.262 e. The number of piperidine rings is 1. The zero-order valence-corrected chi connectivity index (χ0v) is 12.0. The van der Waals surface area contributed by atoms with Gasteiger partial charge in [0.1, 0.15) is 4.90 Å². The van der Waals surface area contributed by atoms with Crippen LogP contribution in [0.1, 0.15) is 19.8 Å². The summed E-state index contributed by atoms with van der Waals surface area (Å²) in [6.07, 6.45) is 5.02. The van der Waals surface area contributed by atoms with E-state index in [9.17, 15) is 8.42 Å². The molecule has 4 nitrogen and oxygen atoms in total. The van der Waals surface area contributed by atoms with Crippen molar-refractivity contribution in [3.05, 3.63) is 22.9 Å². The molecule has 1 atom stereocenters. The average molecular weight is 319 g/mol. The fraction of sp³-hybridized carbons (Fsp3) is 0.545. The van der Waals surface area contributed by atoms with Gasteiger partial charge in [0.2, 0.25) is 10.0 Å². The lowest BCUT2D eigenvalue weighted by molar-refractivity contribution is 0.281. The third kappa shape index (κ3) is 2.86. The fourth-order valence-corrected chi connectivity index (χ4v) is 4.15. The maximum atomic E-state index is 12.4. The molecule has 0 aromatic carbocycles. The highest BCUT2D eigenvalue weighted by Gasteiger charge is 2.28. The number of hydrogen-bond donors (Lipinski definition) is 0. The third-order valence-electron chi connectivity index (χ3n) is 2.94. The number of halogens is 1. The number of rotatable bonds is 2. The van der Waals surface area contributed by atoms with Gasteiger partial charge in [0, 0.05) is 30.0 Å². The van der Waals surface area contributed by atoms with Gasteiger partial charge in [-0.2, -0.15) is 4.31 Å². The first kappa shape index (κ1) is 13.0. The Hall–Kier alpha value is -0.460. The van der Waals surface area contributed by atoms with E-state index in [1.54, 1.807) is 16.6 Å². The molecule has 2 heterocycles. The second kappa shape index (κ2) is 5.04. The maximum absolute atomic E-state index is 12.4. The molecule has 1 aliphatic rings. The lowest BCUT2D eigenvalue weighted by Crippen LogP contribution is -2.39. The lowest BCUT2D eigenvalue weighted by Gasteiger charge is -2.29. The molecule has 0 saturated carbocycles. The molecule has 6 heteroatoms. The van der Waals surface area contributed by atoms with Crippen molar-refractivity contribution < 1.29 is 8.42 Å². The first-order chi connectivity index (χ1) is 8.00. The lowest BCUT2D eigenvalue weighted by atomic mass is 10.0. The van der Waals surface area contributed by atoms with E-state index in [0.717, 1.165) is 12.8 Å². The summed E-state index contributed by atoms with van der Waals surface area (Å²) in [4.78, 5) is 4.18. The van der Waals surface area contributed by atoms with Gasteiger partial charge in [-0.15, -0.1) is 0 Å². The molecule has 1 unspecified atom stereocenters. The molecule has 17 heavy (non-hydrogen) atoms. The van der Waals surface area contributed by atoms with Crippen molar-refractivity contribution in [2.24, 2.45) is 5.92 Å². The quantitative estimate of drug-likeness (QED) is 0.840. The van der Waals surface area contributed by atoms with Gasteiger partial charge in [0.05, 0.1) is 0 Å². The average Bonchev–Trinajstić information content (AvgIpc) is 2.29. The van der Waals surface area contributed by atoms with Gasteiger partial charge in [0.25, 0.3) is 0 Å². The molecule has 1 aromatic heterocycles. The van der Waals surface area contributed by atoms with E-state index in [0.29, 0.717) is 23.5 Å². The second-order valence-electron chi connectivity index (χ2n) is 4.45. The number of nitrogens with zero attached hydrogens (tertiary/aromatic N) is 2. The summed E-state index contributed by atoms with van der Waals surface area (Å²) in [7, 11) is -3.38. The molecule has 1 aromatic rings. The van der Waals surface area contributed by atoms with Crippen LogP contribution < -0.4 is 0 Å². The molecule has 0 radical (unpaired) electrons. The van der Waals surface area contributed by atoms with Gasteiger partial charge in [-0.25, -0.2) is 8.42 Å². The van der Waals surface area contributed by atoms with Crippen LogP contribution in [0.4, 0.5) is 0 Å². The Bertz CT molecular complexity index is 504. The van der Waals surface area contributed by atoms with Crippen LogP contribution in [0.25, 0.3) is 0 Å². The van der Waals surface area contributed by atoms with Gasteiger partial charge in [-0.1, -0.05) is 6.92 Å². The van der Waals surface area contributed by atoms with Gasteiger partial charge in [-0.3, -0.25) is 4.98 Å². The summed E-state index contributed by atoms with van der Waals surface area (Å²) in [6, 6.07) is 1.60. The highest BCUT2D eigenvalue weighted by molar-refractivity contribution is 9.10. The van der Waals surface area contributed by atoms with Crippen molar-refractivity contribution in [1.29, 1.82) is 0 Å². The number of aromatic nitrogens is 1. The molecule has 0 bridgehead atoms. The first-order valence-electron chi connectivity index (χ1n) is 5.61. The standard InChI is InChI=1S/C11H15BrN2O2S/c1-9-3-2-4-14(8-9)17(15,16)11-5-10(12)6-13-7-11/h5-7,9H,2-4,8H2,1H3. The van der Waals surface area contributed by atoms with Crippen molar-refractivity contribution in [3.63, 3.8) is 0 Å². The first-order valence-corrected chi connectivity index (χ1v) is 7.84. The zero-order valence-electron chi connectivity index (χ0n) is 9.63. The summed E-state index contributed by atoms with van der Waals surface area (Å²) >= 11 is 3.25. The van der Waals surface area contributed by atoms with Crippen LogP contribution in [0.15, 0.2) is 27.8 Å². The summed E-state index contributed by atoms with van der Waals surface area (Å²) in [5.41, 5.74) is 0. The van der Waals surface area contributed by atoms with Crippen molar-refractivity contribution in [1.82, 2.24) is 9.29 Å². The van der Waals surface area contributed by atoms with Crippen LogP contribution in [0.5, 0.6) is 0 Å². The molecular weight excluding hydrogens is 304 g/mol. The smallest absolute Gasteiger partial charge is 0.244 e. The minimum absolute atomic E-state index is 0.265. The molecule has 0 aliphatic carbocycles. The molecule has 94 valence electrons. The van der Waals surface area contributed by atoms with Crippen LogP contribution in [0.2, 0.25) is 0 Å². The van der Waals surface area contributed by atoms with Gasteiger partial charge < -0.3 is 0 Å². The summed E-state index contributed by atoms with van der Waals surface area (Å²) in [5, 5.41) is 0. The minimum Gasteiger partial charge on any atom is -0.262 e. The van der Waals surface area contributed by atoms with Crippen molar-refractivity contribution >= 4 is 26.0 Å². The van der Waals surface area contributed by atoms with Crippen molar-refractivity contribution in [2.45, 2.75) is 24.7 Å². The van der Waals surface area contributed by atoms with Crippen molar-refractivity contribution in [2.75, 3.05) is 13.1 Å². The number of hydrogen-bond acceptors (Lipinski definition) is 3. The van der Waals surface area contributed by atoms with Crippen molar-refractivity contribution in [3.8, 4) is 0 Å². The molecular formula is C11H15BrN2O2S. The van der Waals surface area contributed by atoms with Crippen LogP contribution in [-0.2, 0) is 10.0 Å². The molecule has 2 rings (SSSR count). The van der Waals surface area contributed by atoms with E-state index in [-0.39, 0.29) is 4.90 Å². The molecule has 1 saturated heterocycles. The zero-order chi connectivity index (χ0) is 12.5. The van der Waals surface area contributed by atoms with Crippen LogP contribution in [0, 0.1) is 5.92 Å². The summed E-state index contributed by atoms with van der Waals surface area (Å²) in [5.74, 6) is 0.429. The van der Waals surface area contributed by atoms with E-state index < -0.39 is 10.0 Å². The maximum Gasteiger partial charge on any atom is 0.244 e. The third-order valence-corrected chi connectivity index (χ3v) is 5.20. The normalized spacial score (nSPS) is 22.6. The Balaban J connectivity index is 2.29. The predicted octanol–water partition coefficient (Wildman–Crippen LogP) is 2.26. The number of pyridine rings is 1. The van der Waals surface area contributed by atoms with E-state index in [1.165, 1.54) is 6.20 Å². The molecule has 0 amide bonds. The van der Waals surface area contributed by atoms with Gasteiger partial charge >= 0.3 is 0 Å².